The van der Waals surface area contributed by atoms with E-state index >= 15 is 0 Å². The highest BCUT2D eigenvalue weighted by Crippen LogP contribution is 2.43. The summed E-state index contributed by atoms with van der Waals surface area (Å²) in [5.41, 5.74) is 1.37. The molecule has 2 bridgehead atoms. The van der Waals surface area contributed by atoms with Crippen LogP contribution < -0.4 is 0 Å². The van der Waals surface area contributed by atoms with Crippen LogP contribution in [0.2, 0.25) is 0 Å². The molecule has 0 unspecified atom stereocenters. The number of allylic oxidation sites excluding steroid dienone is 1. The molecule has 4 heterocycles. The normalized spacial score (nSPS) is 39.0. The molecule has 0 spiro atoms. The van der Waals surface area contributed by atoms with Crippen LogP contribution in [-0.2, 0) is 4.79 Å². The first-order valence-corrected chi connectivity index (χ1v) is 7.60. The number of piperidine rings is 3. The summed E-state index contributed by atoms with van der Waals surface area (Å²) in [7, 11) is 0. The van der Waals surface area contributed by atoms with Crippen molar-refractivity contribution < 1.29 is 4.79 Å². The molecule has 3 nitrogen and oxygen atoms in total. The fourth-order valence-corrected chi connectivity index (χ4v) is 4.56. The molecule has 3 fully saturated rings. The first-order valence-electron chi connectivity index (χ1n) is 7.60. The minimum atomic E-state index is 0.207. The topological polar surface area (TPSA) is 23.6 Å². The lowest BCUT2D eigenvalue weighted by molar-refractivity contribution is -0.149. The molecule has 0 aliphatic carbocycles. The summed E-state index contributed by atoms with van der Waals surface area (Å²) >= 11 is 0. The van der Waals surface area contributed by atoms with Gasteiger partial charge in [-0.1, -0.05) is 6.08 Å². The summed E-state index contributed by atoms with van der Waals surface area (Å²) in [5, 5.41) is 0. The highest BCUT2D eigenvalue weighted by atomic mass is 16.2. The summed E-state index contributed by atoms with van der Waals surface area (Å²) in [5.74, 6) is 1.38. The third kappa shape index (κ3) is 1.45. The Morgan fingerprint density at radius 2 is 2.11 bits per heavy atom. The summed E-state index contributed by atoms with van der Waals surface area (Å²) in [6.07, 6.45) is 9.68. The van der Waals surface area contributed by atoms with Gasteiger partial charge < -0.3 is 9.80 Å². The first kappa shape index (κ1) is 10.9. The van der Waals surface area contributed by atoms with Crippen molar-refractivity contribution in [3.05, 3.63) is 11.8 Å². The van der Waals surface area contributed by atoms with Gasteiger partial charge in [-0.2, -0.15) is 0 Å². The molecule has 4 aliphatic heterocycles. The van der Waals surface area contributed by atoms with Crippen LogP contribution in [0.5, 0.6) is 0 Å². The van der Waals surface area contributed by atoms with Crippen molar-refractivity contribution in [1.82, 2.24) is 9.80 Å². The smallest absolute Gasteiger partial charge is 0.231 e. The van der Waals surface area contributed by atoms with Crippen LogP contribution in [0.4, 0.5) is 0 Å². The fraction of sp³-hybridized carbons (Fsp3) is 0.800. The Balaban J connectivity index is 1.69. The number of carbonyl (C=O) groups is 1. The monoisotopic (exact) mass is 246 g/mol. The average Bonchev–Trinajstić information content (AvgIpc) is 2.44. The zero-order valence-electron chi connectivity index (χ0n) is 11.0. The Bertz CT molecular complexity index is 403. The van der Waals surface area contributed by atoms with E-state index in [9.17, 15) is 4.79 Å². The van der Waals surface area contributed by atoms with Crippen LogP contribution in [0, 0.1) is 11.8 Å². The minimum Gasteiger partial charge on any atom is -0.374 e. The zero-order valence-corrected chi connectivity index (χ0v) is 11.0. The number of carbonyl (C=O) groups excluding carboxylic acids is 1. The van der Waals surface area contributed by atoms with E-state index in [0.29, 0.717) is 11.9 Å². The van der Waals surface area contributed by atoms with E-state index in [2.05, 4.69) is 15.9 Å². The van der Waals surface area contributed by atoms with E-state index in [1.54, 1.807) is 0 Å². The Morgan fingerprint density at radius 1 is 1.17 bits per heavy atom. The molecule has 0 radical (unpaired) electrons. The number of amides is 1. The van der Waals surface area contributed by atoms with E-state index < -0.39 is 0 Å². The minimum absolute atomic E-state index is 0.207. The van der Waals surface area contributed by atoms with Gasteiger partial charge >= 0.3 is 0 Å². The number of fused-ring (bicyclic) bond motifs is 6. The molecule has 0 aromatic heterocycles. The van der Waals surface area contributed by atoms with Crippen LogP contribution in [0.1, 0.15) is 38.5 Å². The molecule has 4 aliphatic rings. The Morgan fingerprint density at radius 3 is 3.06 bits per heavy atom. The van der Waals surface area contributed by atoms with Gasteiger partial charge in [0.05, 0.1) is 5.92 Å². The summed E-state index contributed by atoms with van der Waals surface area (Å²) < 4.78 is 0. The van der Waals surface area contributed by atoms with Crippen molar-refractivity contribution in [2.75, 3.05) is 19.6 Å². The standard InChI is InChI=1S/C15H22N2O/c18-15-12-9-11(13-5-2-4-8-17(13)15)10-16-7-3-1-6-14(12)16/h6,11-13H,1-5,7-10H2/t11-,12+,13-/m0/s1. The second-order valence-corrected chi connectivity index (χ2v) is 6.36. The predicted molar refractivity (Wildman–Crippen MR) is 69.8 cm³/mol. The molecule has 4 rings (SSSR count). The zero-order chi connectivity index (χ0) is 12.1. The second-order valence-electron chi connectivity index (χ2n) is 6.36. The molecule has 0 aromatic carbocycles. The van der Waals surface area contributed by atoms with Gasteiger partial charge in [0.2, 0.25) is 5.91 Å². The molecule has 0 aromatic rings. The van der Waals surface area contributed by atoms with Crippen molar-refractivity contribution >= 4 is 5.91 Å². The second kappa shape index (κ2) is 4.01. The highest BCUT2D eigenvalue weighted by molar-refractivity contribution is 5.83. The largest absolute Gasteiger partial charge is 0.374 e. The van der Waals surface area contributed by atoms with Crippen LogP contribution in [0.25, 0.3) is 0 Å². The third-order valence-electron chi connectivity index (χ3n) is 5.38. The quantitative estimate of drug-likeness (QED) is 0.652. The number of hydrogen-bond donors (Lipinski definition) is 0. The van der Waals surface area contributed by atoms with E-state index in [4.69, 9.17) is 0 Å². The fourth-order valence-electron chi connectivity index (χ4n) is 4.56. The molecule has 1 amide bonds. The first-order chi connectivity index (χ1) is 8.84. The van der Waals surface area contributed by atoms with Gasteiger partial charge in [0.1, 0.15) is 0 Å². The molecule has 3 saturated heterocycles. The molecule has 3 atom stereocenters. The molecule has 0 saturated carbocycles. The maximum absolute atomic E-state index is 12.7. The van der Waals surface area contributed by atoms with Crippen LogP contribution >= 0.6 is 0 Å². The number of nitrogens with zero attached hydrogens (tertiary/aromatic N) is 2. The number of rotatable bonds is 0. The van der Waals surface area contributed by atoms with Crippen molar-refractivity contribution in [3.8, 4) is 0 Å². The Kier molecular flexibility index (Phi) is 2.42. The average molecular weight is 246 g/mol. The molecular formula is C15H22N2O. The van der Waals surface area contributed by atoms with Gasteiger partial charge in [0.15, 0.2) is 0 Å². The SMILES string of the molecule is O=C1[C@@H]2C[C@@H](CN3CCCC=C23)[C@@H]2CCCCN12. The van der Waals surface area contributed by atoms with Gasteiger partial charge in [-0.3, -0.25) is 4.79 Å². The van der Waals surface area contributed by atoms with Gasteiger partial charge in [-0.05, 0) is 44.4 Å². The summed E-state index contributed by atoms with van der Waals surface area (Å²) in [6, 6.07) is 0.561. The molecular weight excluding hydrogens is 224 g/mol. The molecule has 18 heavy (non-hydrogen) atoms. The molecule has 0 N–H and O–H groups in total. The van der Waals surface area contributed by atoms with Crippen LogP contribution in [0.3, 0.4) is 0 Å². The van der Waals surface area contributed by atoms with E-state index in [1.165, 1.54) is 50.9 Å². The van der Waals surface area contributed by atoms with E-state index in [-0.39, 0.29) is 5.92 Å². The predicted octanol–water partition coefficient (Wildman–Crippen LogP) is 2.00. The maximum atomic E-state index is 12.7. The van der Waals surface area contributed by atoms with Crippen molar-refractivity contribution in [2.45, 2.75) is 44.6 Å². The van der Waals surface area contributed by atoms with Gasteiger partial charge in [0, 0.05) is 31.4 Å². The van der Waals surface area contributed by atoms with Crippen molar-refractivity contribution in [1.29, 1.82) is 0 Å². The Labute approximate surface area is 109 Å². The molecule has 98 valence electrons. The van der Waals surface area contributed by atoms with Gasteiger partial charge in [-0.15, -0.1) is 0 Å². The third-order valence-corrected chi connectivity index (χ3v) is 5.38. The summed E-state index contributed by atoms with van der Waals surface area (Å²) in [6.45, 7) is 3.40. The van der Waals surface area contributed by atoms with Crippen molar-refractivity contribution in [3.63, 3.8) is 0 Å². The van der Waals surface area contributed by atoms with Gasteiger partial charge in [-0.25, -0.2) is 0 Å². The van der Waals surface area contributed by atoms with Gasteiger partial charge in [0.25, 0.3) is 0 Å². The van der Waals surface area contributed by atoms with E-state index in [1.807, 2.05) is 0 Å². The van der Waals surface area contributed by atoms with Crippen LogP contribution in [-0.4, -0.2) is 41.4 Å². The number of hydrogen-bond acceptors (Lipinski definition) is 2. The van der Waals surface area contributed by atoms with E-state index in [0.717, 1.165) is 18.9 Å². The highest BCUT2D eigenvalue weighted by Gasteiger charge is 2.48. The van der Waals surface area contributed by atoms with Crippen LogP contribution in [0.15, 0.2) is 11.8 Å². The lowest BCUT2D eigenvalue weighted by atomic mass is 9.73. The lowest BCUT2D eigenvalue weighted by Crippen LogP contribution is -2.61. The Hall–Kier alpha value is -0.990. The molecule has 3 heteroatoms. The van der Waals surface area contributed by atoms with Crippen molar-refractivity contribution in [2.24, 2.45) is 11.8 Å². The summed E-state index contributed by atoms with van der Waals surface area (Å²) in [4.78, 5) is 17.4. The lowest BCUT2D eigenvalue weighted by Gasteiger charge is -2.54. The maximum Gasteiger partial charge on any atom is 0.231 e.